The molecule has 1 aromatic heterocycles. The average molecular weight is 620 g/mol. The first-order valence-electron chi connectivity index (χ1n) is 12.7. The number of aryl methyl sites for hydroxylation is 2. The van der Waals surface area contributed by atoms with Gasteiger partial charge in [-0.05, 0) is 50.2 Å². The monoisotopic (exact) mass is 619 g/mol. The Morgan fingerprint density at radius 2 is 1.19 bits per heavy atom. The Balaban J connectivity index is 1.53. The van der Waals surface area contributed by atoms with Gasteiger partial charge in [0.05, 0.1) is 27.7 Å². The topological polar surface area (TPSA) is 122 Å². The molecule has 214 valence electrons. The van der Waals surface area contributed by atoms with E-state index < -0.39 is 20.0 Å². The van der Waals surface area contributed by atoms with Gasteiger partial charge in [-0.25, -0.2) is 9.66 Å². The van der Waals surface area contributed by atoms with Crippen LogP contribution >= 0.6 is 11.6 Å². The third-order valence-electron chi connectivity index (χ3n) is 6.42. The standard InChI is InChI=1S/C30H26ClN5O4S2/c1-21-11-15-25(16-12-21)41(37,38)34-32-19-23-7-6-10-27-28(30(31)36(29(23)27)24-8-4-3-5-9-24)20-33-35-42(39,40)26-17-13-22(2)14-18-26/h3-20,34-35H,1-2H3. The fourth-order valence-corrected chi connectivity index (χ4v) is 6.19. The normalized spacial score (nSPS) is 12.4. The molecule has 0 saturated heterocycles. The molecule has 0 aliphatic rings. The Labute approximate surface area is 249 Å². The molecule has 0 unspecified atom stereocenters. The van der Waals surface area contributed by atoms with Crippen LogP contribution in [-0.4, -0.2) is 33.8 Å². The maximum atomic E-state index is 12.7. The van der Waals surface area contributed by atoms with E-state index in [4.69, 9.17) is 11.6 Å². The summed E-state index contributed by atoms with van der Waals surface area (Å²) in [5, 5.41) is 8.95. The number of fused-ring (bicyclic) bond motifs is 1. The first kappa shape index (κ1) is 29.1. The van der Waals surface area contributed by atoms with Gasteiger partial charge in [0.1, 0.15) is 5.15 Å². The Kier molecular flexibility index (Phi) is 8.17. The zero-order chi connectivity index (χ0) is 29.9. The fraction of sp³-hybridized carbons (Fsp3) is 0.0667. The number of nitrogens with zero attached hydrogens (tertiary/aromatic N) is 3. The van der Waals surface area contributed by atoms with Crippen LogP contribution in [0, 0.1) is 13.8 Å². The Morgan fingerprint density at radius 3 is 1.74 bits per heavy atom. The second-order valence-electron chi connectivity index (χ2n) is 9.45. The maximum Gasteiger partial charge on any atom is 0.276 e. The summed E-state index contributed by atoms with van der Waals surface area (Å²) < 4.78 is 52.7. The van der Waals surface area contributed by atoms with Crippen LogP contribution in [0.25, 0.3) is 16.6 Å². The molecule has 0 fully saturated rings. The van der Waals surface area contributed by atoms with E-state index in [0.717, 1.165) is 16.8 Å². The molecule has 1 heterocycles. The number of para-hydroxylation sites is 2. The van der Waals surface area contributed by atoms with Gasteiger partial charge < -0.3 is 0 Å². The van der Waals surface area contributed by atoms with Crippen LogP contribution in [0.3, 0.4) is 0 Å². The lowest BCUT2D eigenvalue weighted by Crippen LogP contribution is -2.18. The number of hydrogen-bond donors (Lipinski definition) is 2. The molecule has 5 rings (SSSR count). The lowest BCUT2D eigenvalue weighted by atomic mass is 10.1. The number of benzene rings is 4. The van der Waals surface area contributed by atoms with Crippen molar-refractivity contribution in [3.8, 4) is 5.69 Å². The highest BCUT2D eigenvalue weighted by atomic mass is 35.5. The Hall–Kier alpha value is -4.45. The number of aromatic nitrogens is 1. The highest BCUT2D eigenvalue weighted by Gasteiger charge is 2.19. The van der Waals surface area contributed by atoms with Gasteiger partial charge in [-0.1, -0.05) is 83.4 Å². The van der Waals surface area contributed by atoms with Gasteiger partial charge in [0.2, 0.25) is 0 Å². The van der Waals surface area contributed by atoms with Crippen molar-refractivity contribution in [3.63, 3.8) is 0 Å². The molecule has 4 aromatic carbocycles. The van der Waals surface area contributed by atoms with E-state index in [2.05, 4.69) is 19.9 Å². The van der Waals surface area contributed by atoms with Crippen LogP contribution in [0.2, 0.25) is 5.15 Å². The van der Waals surface area contributed by atoms with Crippen molar-refractivity contribution in [3.05, 3.63) is 124 Å². The van der Waals surface area contributed by atoms with Crippen LogP contribution in [0.5, 0.6) is 0 Å². The first-order chi connectivity index (χ1) is 20.1. The lowest BCUT2D eigenvalue weighted by molar-refractivity contribution is 0.583. The first-order valence-corrected chi connectivity index (χ1v) is 16.0. The van der Waals surface area contributed by atoms with Crippen LogP contribution in [0.1, 0.15) is 22.3 Å². The van der Waals surface area contributed by atoms with Crippen LogP contribution < -0.4 is 9.66 Å². The quantitative estimate of drug-likeness (QED) is 0.166. The Bertz CT molecular complexity index is 2020. The number of hydrazone groups is 2. The molecule has 0 saturated carbocycles. The van der Waals surface area contributed by atoms with Crippen molar-refractivity contribution in [2.24, 2.45) is 10.2 Å². The van der Waals surface area contributed by atoms with Gasteiger partial charge >= 0.3 is 0 Å². The van der Waals surface area contributed by atoms with Crippen LogP contribution in [0.4, 0.5) is 0 Å². The Morgan fingerprint density at radius 1 is 0.667 bits per heavy atom. The molecule has 0 amide bonds. The van der Waals surface area contributed by atoms with Gasteiger partial charge in [-0.15, -0.1) is 0 Å². The van der Waals surface area contributed by atoms with E-state index in [0.29, 0.717) is 22.0 Å². The molecule has 0 atom stereocenters. The summed E-state index contributed by atoms with van der Waals surface area (Å²) in [4.78, 5) is 4.66. The third kappa shape index (κ3) is 6.08. The average Bonchev–Trinajstić information content (AvgIpc) is 3.25. The largest absolute Gasteiger partial charge is 0.299 e. The van der Waals surface area contributed by atoms with Gasteiger partial charge in [0.25, 0.3) is 20.0 Å². The van der Waals surface area contributed by atoms with Crippen molar-refractivity contribution in [2.45, 2.75) is 23.6 Å². The minimum absolute atomic E-state index is 0.0784. The second-order valence-corrected chi connectivity index (χ2v) is 13.1. The lowest BCUT2D eigenvalue weighted by Gasteiger charge is -2.09. The van der Waals surface area contributed by atoms with E-state index in [1.807, 2.05) is 50.2 Å². The summed E-state index contributed by atoms with van der Waals surface area (Å²) in [7, 11) is -7.79. The summed E-state index contributed by atoms with van der Waals surface area (Å²) in [6.07, 6.45) is 2.74. The molecule has 0 radical (unpaired) electrons. The van der Waals surface area contributed by atoms with Gasteiger partial charge in [-0.3, -0.25) is 4.57 Å². The maximum absolute atomic E-state index is 12.7. The smallest absolute Gasteiger partial charge is 0.276 e. The number of halogens is 1. The van der Waals surface area contributed by atoms with Crippen LogP contribution in [-0.2, 0) is 20.0 Å². The van der Waals surface area contributed by atoms with Crippen molar-refractivity contribution in [1.29, 1.82) is 0 Å². The summed E-state index contributed by atoms with van der Waals surface area (Å²) >= 11 is 6.88. The van der Waals surface area contributed by atoms with Gasteiger partial charge in [-0.2, -0.15) is 27.0 Å². The molecule has 0 aliphatic heterocycles. The molecular formula is C30H26ClN5O4S2. The summed E-state index contributed by atoms with van der Waals surface area (Å²) in [5.41, 5.74) is 4.23. The molecule has 5 aromatic rings. The van der Waals surface area contributed by atoms with Crippen molar-refractivity contribution < 1.29 is 16.8 Å². The second kappa shape index (κ2) is 11.8. The summed E-state index contributed by atoms with van der Waals surface area (Å²) in [5.74, 6) is 0. The molecule has 0 aliphatic carbocycles. The zero-order valence-electron chi connectivity index (χ0n) is 22.6. The molecule has 12 heteroatoms. The van der Waals surface area contributed by atoms with E-state index >= 15 is 0 Å². The molecule has 42 heavy (non-hydrogen) atoms. The molecule has 2 N–H and O–H groups in total. The summed E-state index contributed by atoms with van der Waals surface area (Å²) in [6.45, 7) is 3.73. The van der Waals surface area contributed by atoms with Crippen LogP contribution in [0.15, 0.2) is 117 Å². The van der Waals surface area contributed by atoms with Gasteiger partial charge in [0, 0.05) is 22.2 Å². The summed E-state index contributed by atoms with van der Waals surface area (Å²) in [6, 6.07) is 27.5. The predicted molar refractivity (Wildman–Crippen MR) is 166 cm³/mol. The van der Waals surface area contributed by atoms with Crippen molar-refractivity contribution in [1.82, 2.24) is 14.2 Å². The third-order valence-corrected chi connectivity index (χ3v) is 9.27. The van der Waals surface area contributed by atoms with Gasteiger partial charge in [0.15, 0.2) is 0 Å². The minimum Gasteiger partial charge on any atom is -0.299 e. The molecule has 0 spiro atoms. The van der Waals surface area contributed by atoms with E-state index in [1.165, 1.54) is 36.7 Å². The molecular weight excluding hydrogens is 594 g/mol. The highest BCUT2D eigenvalue weighted by molar-refractivity contribution is 7.89. The SMILES string of the molecule is Cc1ccc(S(=O)(=O)NN=Cc2c(Cl)n(-c3ccccc3)c3c(C=NNS(=O)(=O)c4ccc(C)cc4)cccc23)cc1. The predicted octanol–water partition coefficient (Wildman–Crippen LogP) is 5.53. The van der Waals surface area contributed by atoms with E-state index in [9.17, 15) is 16.8 Å². The number of nitrogens with one attached hydrogen (secondary N) is 2. The number of sulfonamides is 2. The number of hydrogen-bond acceptors (Lipinski definition) is 6. The van der Waals surface area contributed by atoms with Crippen molar-refractivity contribution >= 4 is 55.0 Å². The van der Waals surface area contributed by atoms with E-state index in [-0.39, 0.29) is 14.9 Å². The highest BCUT2D eigenvalue weighted by Crippen LogP contribution is 2.34. The minimum atomic E-state index is -3.90. The van der Waals surface area contributed by atoms with E-state index in [1.54, 1.807) is 41.0 Å². The molecule has 9 nitrogen and oxygen atoms in total. The fourth-order valence-electron chi connectivity index (χ4n) is 4.27. The zero-order valence-corrected chi connectivity index (χ0v) is 25.0. The molecule has 0 bridgehead atoms. The number of rotatable bonds is 9. The van der Waals surface area contributed by atoms with Crippen molar-refractivity contribution in [2.75, 3.05) is 0 Å².